The molecule has 0 saturated carbocycles. The number of pyridine rings is 1. The van der Waals surface area contributed by atoms with Gasteiger partial charge in [0, 0.05) is 24.8 Å². The lowest BCUT2D eigenvalue weighted by Crippen LogP contribution is -2.41. The van der Waals surface area contributed by atoms with Crippen molar-refractivity contribution in [3.8, 4) is 23.1 Å². The molecule has 0 atom stereocenters. The summed E-state index contributed by atoms with van der Waals surface area (Å²) >= 11 is 0. The molecule has 0 bridgehead atoms. The fourth-order valence-electron chi connectivity index (χ4n) is 2.30. The number of aryl methyl sites for hydroxylation is 1. The lowest BCUT2D eigenvalue weighted by molar-refractivity contribution is 0.0909. The van der Waals surface area contributed by atoms with Crippen molar-refractivity contribution in [2.45, 2.75) is 26.3 Å². The lowest BCUT2D eigenvalue weighted by Gasteiger charge is -2.18. The highest BCUT2D eigenvalue weighted by Gasteiger charge is 2.23. The van der Waals surface area contributed by atoms with E-state index in [0.29, 0.717) is 23.1 Å². The Morgan fingerprint density at radius 3 is 2.50 bits per heavy atom. The smallest absolute Gasteiger partial charge is 0.291 e. The maximum absolute atomic E-state index is 12.5. The Bertz CT molecular complexity index is 919. The summed E-state index contributed by atoms with van der Waals surface area (Å²) < 4.78 is 8.30. The first-order valence-electron chi connectivity index (χ1n) is 8.07. The van der Waals surface area contributed by atoms with Crippen LogP contribution < -0.4 is 10.1 Å². The van der Waals surface area contributed by atoms with Gasteiger partial charge in [-0.2, -0.15) is 5.10 Å². The van der Waals surface area contributed by atoms with Crippen LogP contribution in [0, 0.1) is 0 Å². The third-order valence-electron chi connectivity index (χ3n) is 3.42. The number of hydrogen-bond acceptors (Lipinski definition) is 6. The monoisotopic (exact) mass is 355 g/mol. The zero-order valence-corrected chi connectivity index (χ0v) is 15.4. The number of aromatic nitrogens is 6. The molecule has 0 aromatic carbocycles. The van der Waals surface area contributed by atoms with Gasteiger partial charge in [0.1, 0.15) is 5.69 Å². The Labute approximate surface area is 151 Å². The summed E-state index contributed by atoms with van der Waals surface area (Å²) in [5.41, 5.74) is 0.856. The third-order valence-corrected chi connectivity index (χ3v) is 3.42. The van der Waals surface area contributed by atoms with Crippen molar-refractivity contribution in [1.82, 2.24) is 34.8 Å². The summed E-state index contributed by atoms with van der Waals surface area (Å²) in [7, 11) is 3.36. The molecule has 0 saturated heterocycles. The first kappa shape index (κ1) is 17.6. The average molecular weight is 355 g/mol. The Morgan fingerprint density at radius 2 is 1.96 bits per heavy atom. The van der Waals surface area contributed by atoms with Gasteiger partial charge in [-0.05, 0) is 32.9 Å². The van der Waals surface area contributed by atoms with Crippen molar-refractivity contribution >= 4 is 5.91 Å². The molecule has 0 aliphatic heterocycles. The van der Waals surface area contributed by atoms with E-state index in [1.165, 1.54) is 0 Å². The Hall–Kier alpha value is -3.23. The van der Waals surface area contributed by atoms with Gasteiger partial charge in [0.15, 0.2) is 5.82 Å². The first-order valence-corrected chi connectivity index (χ1v) is 8.07. The summed E-state index contributed by atoms with van der Waals surface area (Å²) in [5, 5.41) is 11.6. The van der Waals surface area contributed by atoms with Gasteiger partial charge in [-0.3, -0.25) is 9.48 Å². The van der Waals surface area contributed by atoms with E-state index in [2.05, 4.69) is 25.5 Å². The summed E-state index contributed by atoms with van der Waals surface area (Å²) in [6, 6.07) is 5.31. The average Bonchev–Trinajstić information content (AvgIpc) is 3.19. The van der Waals surface area contributed by atoms with Crippen LogP contribution in [0.2, 0.25) is 0 Å². The predicted molar refractivity (Wildman–Crippen MR) is 95.1 cm³/mol. The highest BCUT2D eigenvalue weighted by atomic mass is 16.5. The molecule has 9 heteroatoms. The second kappa shape index (κ2) is 6.58. The van der Waals surface area contributed by atoms with Gasteiger partial charge in [-0.25, -0.2) is 14.6 Å². The van der Waals surface area contributed by atoms with Crippen LogP contribution in [0.5, 0.6) is 5.88 Å². The van der Waals surface area contributed by atoms with Crippen molar-refractivity contribution in [1.29, 1.82) is 0 Å². The lowest BCUT2D eigenvalue weighted by atomic mass is 10.1. The summed E-state index contributed by atoms with van der Waals surface area (Å²) in [6.07, 6.45) is 3.40. The van der Waals surface area contributed by atoms with Crippen LogP contribution in [-0.2, 0) is 7.05 Å². The maximum Gasteiger partial charge on any atom is 0.291 e. The summed E-state index contributed by atoms with van der Waals surface area (Å²) in [4.78, 5) is 21.1. The van der Waals surface area contributed by atoms with Crippen molar-refractivity contribution in [3.05, 3.63) is 36.4 Å². The van der Waals surface area contributed by atoms with E-state index in [9.17, 15) is 4.79 Å². The van der Waals surface area contributed by atoms with E-state index in [-0.39, 0.29) is 11.7 Å². The number of methoxy groups -OCH3 is 1. The van der Waals surface area contributed by atoms with Gasteiger partial charge >= 0.3 is 0 Å². The molecule has 0 aliphatic rings. The number of ether oxygens (including phenoxy) is 1. The van der Waals surface area contributed by atoms with E-state index >= 15 is 0 Å². The van der Waals surface area contributed by atoms with E-state index in [0.717, 1.165) is 0 Å². The molecule has 0 radical (unpaired) electrons. The fraction of sp³-hybridized carbons (Fsp3) is 0.353. The Balaban J connectivity index is 2.07. The molecule has 3 aromatic rings. The number of amides is 1. The molecule has 3 heterocycles. The minimum Gasteiger partial charge on any atom is -0.481 e. The molecular weight excluding hydrogens is 334 g/mol. The molecule has 136 valence electrons. The standard InChI is InChI=1S/C17H21N7O2/c1-17(2,3)20-16(25)14-19-15(12-8-9-23(4)21-12)24(22-14)11-6-7-13(26-5)18-10-11/h6-10H,1-5H3,(H,20,25). The molecule has 0 fully saturated rings. The van der Waals surface area contributed by atoms with Crippen LogP contribution in [0.3, 0.4) is 0 Å². The van der Waals surface area contributed by atoms with Crippen LogP contribution in [0.4, 0.5) is 0 Å². The van der Waals surface area contributed by atoms with Crippen molar-refractivity contribution in [2.24, 2.45) is 7.05 Å². The largest absolute Gasteiger partial charge is 0.481 e. The van der Waals surface area contributed by atoms with Crippen LogP contribution in [0.25, 0.3) is 17.2 Å². The second-order valence-electron chi connectivity index (χ2n) is 6.81. The molecule has 9 nitrogen and oxygen atoms in total. The van der Waals surface area contributed by atoms with Gasteiger partial charge in [-0.1, -0.05) is 0 Å². The normalized spacial score (nSPS) is 11.4. The van der Waals surface area contributed by atoms with Gasteiger partial charge in [0.05, 0.1) is 19.0 Å². The number of hydrogen-bond donors (Lipinski definition) is 1. The van der Waals surface area contributed by atoms with E-state index < -0.39 is 5.54 Å². The third kappa shape index (κ3) is 3.71. The quantitative estimate of drug-likeness (QED) is 0.763. The highest BCUT2D eigenvalue weighted by Crippen LogP contribution is 2.20. The van der Waals surface area contributed by atoms with E-state index in [4.69, 9.17) is 4.74 Å². The maximum atomic E-state index is 12.5. The number of nitrogens with zero attached hydrogens (tertiary/aromatic N) is 6. The Kier molecular flexibility index (Phi) is 4.45. The zero-order chi connectivity index (χ0) is 18.9. The number of carbonyl (C=O) groups excluding carboxylic acids is 1. The molecule has 1 N–H and O–H groups in total. The first-order chi connectivity index (χ1) is 12.3. The zero-order valence-electron chi connectivity index (χ0n) is 15.4. The summed E-state index contributed by atoms with van der Waals surface area (Å²) in [6.45, 7) is 5.69. The van der Waals surface area contributed by atoms with Crippen molar-refractivity contribution in [3.63, 3.8) is 0 Å². The minimum absolute atomic E-state index is 0.0661. The van der Waals surface area contributed by atoms with Crippen LogP contribution in [0.1, 0.15) is 31.4 Å². The molecular formula is C17H21N7O2. The van der Waals surface area contributed by atoms with Gasteiger partial charge < -0.3 is 10.1 Å². The molecule has 0 aliphatic carbocycles. The predicted octanol–water partition coefficient (Wildman–Crippen LogP) is 1.60. The number of carbonyl (C=O) groups is 1. The van der Waals surface area contributed by atoms with Crippen LogP contribution in [-0.4, -0.2) is 48.1 Å². The van der Waals surface area contributed by atoms with Gasteiger partial charge in [-0.15, -0.1) is 5.10 Å². The molecule has 0 unspecified atom stereocenters. The van der Waals surface area contributed by atoms with Crippen LogP contribution >= 0.6 is 0 Å². The topological polar surface area (TPSA) is 99.8 Å². The SMILES string of the molecule is COc1ccc(-n2nc(C(=O)NC(C)(C)C)nc2-c2ccn(C)n2)cn1. The molecule has 3 rings (SSSR count). The Morgan fingerprint density at radius 1 is 1.19 bits per heavy atom. The van der Waals surface area contributed by atoms with Gasteiger partial charge in [0.25, 0.3) is 5.91 Å². The number of nitrogens with one attached hydrogen (secondary N) is 1. The van der Waals surface area contributed by atoms with Crippen molar-refractivity contribution < 1.29 is 9.53 Å². The molecule has 0 spiro atoms. The fourth-order valence-corrected chi connectivity index (χ4v) is 2.30. The van der Waals surface area contributed by atoms with E-state index in [1.807, 2.05) is 33.9 Å². The van der Waals surface area contributed by atoms with Gasteiger partial charge in [0.2, 0.25) is 11.7 Å². The van der Waals surface area contributed by atoms with Crippen molar-refractivity contribution in [2.75, 3.05) is 7.11 Å². The molecule has 3 aromatic heterocycles. The summed E-state index contributed by atoms with van der Waals surface area (Å²) in [5.74, 6) is 0.655. The second-order valence-corrected chi connectivity index (χ2v) is 6.81. The van der Waals surface area contributed by atoms with Crippen LogP contribution in [0.15, 0.2) is 30.6 Å². The number of rotatable bonds is 4. The highest BCUT2D eigenvalue weighted by molar-refractivity contribution is 5.91. The minimum atomic E-state index is -0.393. The molecule has 26 heavy (non-hydrogen) atoms. The van der Waals surface area contributed by atoms with E-state index in [1.54, 1.807) is 41.0 Å². The molecule has 1 amide bonds.